The number of nitrogens with two attached hydrogens (primary N) is 1. The molecule has 1 atom stereocenters. The highest BCUT2D eigenvalue weighted by Gasteiger charge is 2.36. The van der Waals surface area contributed by atoms with E-state index in [-0.39, 0.29) is 30.9 Å². The lowest BCUT2D eigenvalue weighted by atomic mass is 9.87. The number of carboxylic acid groups (broad SMARTS) is 1. The number of hydrogen-bond donors (Lipinski definition) is 3. The highest BCUT2D eigenvalue weighted by molar-refractivity contribution is 5.98. The van der Waals surface area contributed by atoms with Crippen LogP contribution in [0.2, 0.25) is 0 Å². The minimum Gasteiger partial charge on any atom is -0.547 e. The van der Waals surface area contributed by atoms with Gasteiger partial charge in [0.25, 0.3) is 5.56 Å². The number of aliphatic hydroxyl groups excluding tert-OH is 1. The number of pyridine rings is 2. The summed E-state index contributed by atoms with van der Waals surface area (Å²) < 4.78 is 12.2. The minimum atomic E-state index is -2.43. The zero-order valence-electron chi connectivity index (χ0n) is 16.5. The summed E-state index contributed by atoms with van der Waals surface area (Å²) in [5, 5.41) is 32.8. The highest BCUT2D eigenvalue weighted by Crippen LogP contribution is 2.44. The Hall–Kier alpha value is -3.63. The Morgan fingerprint density at radius 1 is 1.35 bits per heavy atom. The van der Waals surface area contributed by atoms with E-state index in [0.717, 1.165) is 0 Å². The van der Waals surface area contributed by atoms with Crippen molar-refractivity contribution in [1.29, 1.82) is 0 Å². The number of benzene rings is 1. The molecule has 10 heteroatoms. The van der Waals surface area contributed by atoms with Gasteiger partial charge in [0.05, 0.1) is 41.7 Å². The number of anilines is 1. The van der Waals surface area contributed by atoms with Crippen LogP contribution in [-0.2, 0) is 23.5 Å². The molecule has 31 heavy (non-hydrogen) atoms. The lowest BCUT2D eigenvalue weighted by molar-refractivity contribution is -0.326. The van der Waals surface area contributed by atoms with Crippen molar-refractivity contribution in [1.82, 2.24) is 9.55 Å². The number of fused-ring (bicyclic) bond motifs is 5. The predicted molar refractivity (Wildman–Crippen MR) is 106 cm³/mol. The zero-order valence-corrected chi connectivity index (χ0v) is 16.5. The summed E-state index contributed by atoms with van der Waals surface area (Å²) in [4.78, 5) is 29.4. The Bertz CT molecular complexity index is 1350. The number of carboxylic acids is 1. The van der Waals surface area contributed by atoms with Crippen molar-refractivity contribution in [2.45, 2.75) is 32.1 Å². The fraction of sp³-hybridized carbons (Fsp3) is 0.286. The maximum absolute atomic E-state index is 13.1. The third-order valence-electron chi connectivity index (χ3n) is 6.00. The summed E-state index contributed by atoms with van der Waals surface area (Å²) >= 11 is 0. The molecule has 3 aromatic rings. The second kappa shape index (κ2) is 6.43. The standard InChI is InChI=1S/C21H19N3O7/c1-2-21(29,20(27)28)12-4-14-17-9(6-24(14)19(26)11(12)7-25)3-10-13(23-17)5-15-18(16(10)22)31-8-30-15/h3-5,25,29H,2,6-8,22H2,1H3,(H,27,28)/p-1/t21-/m0/s1. The van der Waals surface area contributed by atoms with Crippen LogP contribution in [0.25, 0.3) is 22.3 Å². The van der Waals surface area contributed by atoms with E-state index < -0.39 is 23.7 Å². The van der Waals surface area contributed by atoms with E-state index in [1.807, 2.05) is 0 Å². The number of nitrogen functional groups attached to an aromatic ring is 1. The summed E-state index contributed by atoms with van der Waals surface area (Å²) in [6.45, 7) is 0.931. The first-order chi connectivity index (χ1) is 14.8. The van der Waals surface area contributed by atoms with Crippen molar-refractivity contribution in [3.05, 3.63) is 45.2 Å². The van der Waals surface area contributed by atoms with Crippen molar-refractivity contribution < 1.29 is 29.6 Å². The molecule has 0 spiro atoms. The van der Waals surface area contributed by atoms with Gasteiger partial charge in [-0.2, -0.15) is 0 Å². The van der Waals surface area contributed by atoms with Crippen LogP contribution in [0.15, 0.2) is 23.0 Å². The van der Waals surface area contributed by atoms with Crippen LogP contribution in [-0.4, -0.2) is 32.5 Å². The molecule has 0 radical (unpaired) electrons. The monoisotopic (exact) mass is 424 g/mol. The maximum Gasteiger partial charge on any atom is 0.257 e. The minimum absolute atomic E-state index is 0.0555. The third-order valence-corrected chi connectivity index (χ3v) is 6.00. The van der Waals surface area contributed by atoms with E-state index in [1.54, 1.807) is 12.1 Å². The number of rotatable bonds is 4. The number of carbonyl (C=O) groups is 1. The van der Waals surface area contributed by atoms with Crippen LogP contribution >= 0.6 is 0 Å². The van der Waals surface area contributed by atoms with Gasteiger partial charge < -0.3 is 39.9 Å². The lowest BCUT2D eigenvalue weighted by Crippen LogP contribution is -2.47. The fourth-order valence-corrected chi connectivity index (χ4v) is 4.27. The molecule has 0 aliphatic carbocycles. The topological polar surface area (TPSA) is 160 Å². The summed E-state index contributed by atoms with van der Waals surface area (Å²) in [6, 6.07) is 4.86. The quantitative estimate of drug-likeness (QED) is 0.370. The fourth-order valence-electron chi connectivity index (χ4n) is 4.27. The van der Waals surface area contributed by atoms with Crippen LogP contribution in [0.5, 0.6) is 11.5 Å². The molecule has 160 valence electrons. The van der Waals surface area contributed by atoms with Gasteiger partial charge in [-0.15, -0.1) is 0 Å². The SMILES string of the molecule is CC[C@@](O)(C(=O)[O-])c1cc2n(c(=O)c1CO)Cc1cc3c(N)c4c(cc3nc1-2)OCO4. The Morgan fingerprint density at radius 3 is 2.81 bits per heavy atom. The predicted octanol–water partition coefficient (Wildman–Crippen LogP) is -0.424. The van der Waals surface area contributed by atoms with Gasteiger partial charge in [-0.25, -0.2) is 4.98 Å². The van der Waals surface area contributed by atoms with Crippen molar-refractivity contribution in [3.8, 4) is 22.9 Å². The van der Waals surface area contributed by atoms with Crippen molar-refractivity contribution in [3.63, 3.8) is 0 Å². The van der Waals surface area contributed by atoms with E-state index in [9.17, 15) is 24.9 Å². The first kappa shape index (κ1) is 19.3. The molecule has 0 saturated carbocycles. The summed E-state index contributed by atoms with van der Waals surface area (Å²) in [5.74, 6) is -0.852. The number of aromatic nitrogens is 2. The van der Waals surface area contributed by atoms with E-state index >= 15 is 0 Å². The largest absolute Gasteiger partial charge is 0.547 e. The Balaban J connectivity index is 1.79. The van der Waals surface area contributed by atoms with Crippen LogP contribution in [0.4, 0.5) is 5.69 Å². The van der Waals surface area contributed by atoms with Crippen LogP contribution in [0.1, 0.15) is 30.0 Å². The number of ether oxygens (including phenoxy) is 2. The molecule has 4 N–H and O–H groups in total. The molecule has 0 amide bonds. The third kappa shape index (κ3) is 2.49. The molecule has 0 saturated heterocycles. The summed E-state index contributed by atoms with van der Waals surface area (Å²) in [7, 11) is 0. The zero-order chi connectivity index (χ0) is 22.1. The molecule has 2 aliphatic heterocycles. The first-order valence-electron chi connectivity index (χ1n) is 9.64. The first-order valence-corrected chi connectivity index (χ1v) is 9.64. The van der Waals surface area contributed by atoms with Crippen LogP contribution < -0.4 is 25.9 Å². The lowest BCUT2D eigenvalue weighted by Gasteiger charge is -2.30. The normalized spacial score (nSPS) is 15.6. The average molecular weight is 424 g/mol. The molecule has 0 bridgehead atoms. The van der Waals surface area contributed by atoms with Gasteiger partial charge in [0.15, 0.2) is 11.5 Å². The molecule has 2 aromatic heterocycles. The van der Waals surface area contributed by atoms with E-state index in [2.05, 4.69) is 4.98 Å². The number of carbonyl (C=O) groups excluding carboxylic acids is 1. The summed E-state index contributed by atoms with van der Waals surface area (Å²) in [5.41, 5.74) is 5.15. The van der Waals surface area contributed by atoms with Gasteiger partial charge in [0.1, 0.15) is 5.60 Å². The smallest absolute Gasteiger partial charge is 0.257 e. The maximum atomic E-state index is 13.1. The van der Waals surface area contributed by atoms with Gasteiger partial charge >= 0.3 is 0 Å². The molecule has 1 aromatic carbocycles. The number of hydrogen-bond acceptors (Lipinski definition) is 9. The van der Waals surface area contributed by atoms with E-state index in [0.29, 0.717) is 45.0 Å². The number of aliphatic carboxylic acids is 1. The highest BCUT2D eigenvalue weighted by atomic mass is 16.7. The molecule has 5 rings (SSSR count). The van der Waals surface area contributed by atoms with Gasteiger partial charge in [-0.05, 0) is 18.6 Å². The molecule has 0 unspecified atom stereocenters. The van der Waals surface area contributed by atoms with Gasteiger partial charge in [-0.3, -0.25) is 4.79 Å². The average Bonchev–Trinajstić information content (AvgIpc) is 3.36. The van der Waals surface area contributed by atoms with Gasteiger partial charge in [0.2, 0.25) is 6.79 Å². The Kier molecular flexibility index (Phi) is 4.01. The molecule has 4 heterocycles. The Morgan fingerprint density at radius 2 is 2.13 bits per heavy atom. The van der Waals surface area contributed by atoms with Gasteiger partial charge in [-0.1, -0.05) is 6.92 Å². The van der Waals surface area contributed by atoms with Crippen LogP contribution in [0, 0.1) is 0 Å². The molecular formula is C21H18N3O7-. The molecule has 0 fully saturated rings. The number of aliphatic hydroxyl groups is 2. The Labute approximate surface area is 175 Å². The molecule has 2 aliphatic rings. The summed E-state index contributed by atoms with van der Waals surface area (Å²) in [6.07, 6.45) is -0.247. The van der Waals surface area contributed by atoms with E-state index in [4.69, 9.17) is 15.2 Å². The van der Waals surface area contributed by atoms with Crippen molar-refractivity contribution in [2.24, 2.45) is 0 Å². The molecular weight excluding hydrogens is 406 g/mol. The second-order valence-corrected chi connectivity index (χ2v) is 7.56. The van der Waals surface area contributed by atoms with Crippen LogP contribution in [0.3, 0.4) is 0 Å². The number of nitrogens with zero attached hydrogens (tertiary/aromatic N) is 2. The van der Waals surface area contributed by atoms with Crippen molar-refractivity contribution >= 4 is 22.6 Å². The van der Waals surface area contributed by atoms with Gasteiger partial charge in [0, 0.05) is 28.1 Å². The van der Waals surface area contributed by atoms with E-state index in [1.165, 1.54) is 17.6 Å². The van der Waals surface area contributed by atoms with Crippen molar-refractivity contribution in [2.75, 3.05) is 12.5 Å². The molecule has 10 nitrogen and oxygen atoms in total. The second-order valence-electron chi connectivity index (χ2n) is 7.56.